The van der Waals surface area contributed by atoms with Gasteiger partial charge in [-0.05, 0) is 29.5 Å². The van der Waals surface area contributed by atoms with E-state index >= 15 is 0 Å². The number of hydrogen-bond acceptors (Lipinski definition) is 3. The van der Waals surface area contributed by atoms with Gasteiger partial charge < -0.3 is 15.0 Å². The van der Waals surface area contributed by atoms with Gasteiger partial charge in [-0.2, -0.15) is 0 Å². The van der Waals surface area contributed by atoms with E-state index in [0.717, 1.165) is 19.6 Å². The van der Waals surface area contributed by atoms with Crippen molar-refractivity contribution in [2.75, 3.05) is 13.2 Å². The fourth-order valence-corrected chi connectivity index (χ4v) is 2.55. The first kappa shape index (κ1) is 13.3. The van der Waals surface area contributed by atoms with Gasteiger partial charge in [-0.3, -0.25) is 0 Å². The molecule has 2 N–H and O–H groups in total. The van der Waals surface area contributed by atoms with Gasteiger partial charge in [0.15, 0.2) is 0 Å². The fraction of sp³-hybridized carbons (Fsp3) is 0.429. The summed E-state index contributed by atoms with van der Waals surface area (Å²) < 4.78 is 2.27. The maximum atomic E-state index is 8.97. The lowest BCUT2D eigenvalue weighted by Gasteiger charge is -2.11. The van der Waals surface area contributed by atoms with Gasteiger partial charge in [0.05, 0.1) is 6.54 Å². The molecular formula is C14H20N2OS. The Balaban J connectivity index is 1.87. The Bertz CT molecular complexity index is 450. The van der Waals surface area contributed by atoms with E-state index in [4.69, 9.17) is 5.11 Å². The number of thiophene rings is 1. The van der Waals surface area contributed by atoms with Crippen LogP contribution in [0.1, 0.15) is 17.5 Å². The summed E-state index contributed by atoms with van der Waals surface area (Å²) in [6.45, 7) is 4.92. The van der Waals surface area contributed by atoms with E-state index in [0.29, 0.717) is 5.92 Å². The molecule has 1 unspecified atom stereocenters. The highest BCUT2D eigenvalue weighted by atomic mass is 32.1. The third-order valence-corrected chi connectivity index (χ3v) is 3.80. The minimum atomic E-state index is 0.239. The van der Waals surface area contributed by atoms with Crippen molar-refractivity contribution in [3.63, 3.8) is 0 Å². The monoisotopic (exact) mass is 264 g/mol. The predicted molar refractivity (Wildman–Crippen MR) is 75.8 cm³/mol. The van der Waals surface area contributed by atoms with E-state index in [1.165, 1.54) is 10.6 Å². The van der Waals surface area contributed by atoms with Gasteiger partial charge in [-0.1, -0.05) is 13.0 Å². The van der Waals surface area contributed by atoms with Crippen molar-refractivity contribution < 1.29 is 5.11 Å². The molecule has 0 aliphatic rings. The molecule has 2 heterocycles. The van der Waals surface area contributed by atoms with Crippen molar-refractivity contribution in [1.29, 1.82) is 0 Å². The lowest BCUT2D eigenvalue weighted by molar-refractivity contribution is 0.233. The van der Waals surface area contributed by atoms with Crippen LogP contribution in [0, 0.1) is 5.92 Å². The van der Waals surface area contributed by atoms with Crippen molar-refractivity contribution >= 4 is 11.3 Å². The highest BCUT2D eigenvalue weighted by molar-refractivity contribution is 7.09. The summed E-state index contributed by atoms with van der Waals surface area (Å²) in [5.41, 5.74) is 1.29. The molecule has 98 valence electrons. The van der Waals surface area contributed by atoms with Crippen LogP contribution in [0.5, 0.6) is 0 Å². The number of aliphatic hydroxyl groups excluding tert-OH is 1. The molecule has 4 heteroatoms. The van der Waals surface area contributed by atoms with E-state index in [2.05, 4.69) is 45.7 Å². The van der Waals surface area contributed by atoms with Gasteiger partial charge in [0.2, 0.25) is 0 Å². The summed E-state index contributed by atoms with van der Waals surface area (Å²) in [7, 11) is 0. The van der Waals surface area contributed by atoms with Gasteiger partial charge >= 0.3 is 0 Å². The van der Waals surface area contributed by atoms with Crippen LogP contribution >= 0.6 is 11.3 Å². The second kappa shape index (κ2) is 6.73. The molecule has 0 saturated heterocycles. The number of nitrogens with one attached hydrogen (secondary N) is 1. The van der Waals surface area contributed by atoms with Crippen molar-refractivity contribution in [2.24, 2.45) is 5.92 Å². The Morgan fingerprint density at radius 2 is 2.28 bits per heavy atom. The first-order valence-corrected chi connectivity index (χ1v) is 7.15. The largest absolute Gasteiger partial charge is 0.396 e. The molecule has 0 bridgehead atoms. The first-order valence-electron chi connectivity index (χ1n) is 6.27. The van der Waals surface area contributed by atoms with Gasteiger partial charge in [0.1, 0.15) is 0 Å². The lowest BCUT2D eigenvalue weighted by atomic mass is 10.2. The zero-order valence-corrected chi connectivity index (χ0v) is 11.5. The van der Waals surface area contributed by atoms with E-state index in [1.54, 1.807) is 11.3 Å². The van der Waals surface area contributed by atoms with Crippen LogP contribution in [0.25, 0.3) is 0 Å². The van der Waals surface area contributed by atoms with Crippen LogP contribution in [0.2, 0.25) is 0 Å². The molecule has 2 aromatic rings. The van der Waals surface area contributed by atoms with Crippen LogP contribution in [-0.2, 0) is 13.1 Å². The van der Waals surface area contributed by atoms with Crippen molar-refractivity contribution in [3.05, 3.63) is 46.4 Å². The highest BCUT2D eigenvalue weighted by Gasteiger charge is 2.04. The standard InChI is InChI=1S/C14H20N2OS/c1-12(11-17)8-15-9-13-4-2-6-16(13)10-14-5-3-7-18-14/h2-7,12,15,17H,8-11H2,1H3. The first-order chi connectivity index (χ1) is 8.79. The number of nitrogens with zero attached hydrogens (tertiary/aromatic N) is 1. The second-order valence-electron chi connectivity index (χ2n) is 4.63. The van der Waals surface area contributed by atoms with Gasteiger partial charge in [0, 0.05) is 36.5 Å². The van der Waals surface area contributed by atoms with Crippen LogP contribution in [0.4, 0.5) is 0 Å². The van der Waals surface area contributed by atoms with Gasteiger partial charge in [-0.25, -0.2) is 0 Å². The molecule has 0 spiro atoms. The molecular weight excluding hydrogens is 244 g/mol. The van der Waals surface area contributed by atoms with Crippen LogP contribution in [0.15, 0.2) is 35.8 Å². The van der Waals surface area contributed by atoms with Gasteiger partial charge in [0.25, 0.3) is 0 Å². The summed E-state index contributed by atoms with van der Waals surface area (Å²) in [5, 5.41) is 14.5. The Morgan fingerprint density at radius 1 is 1.39 bits per heavy atom. The molecule has 0 saturated carbocycles. The van der Waals surface area contributed by atoms with Crippen molar-refractivity contribution in [3.8, 4) is 0 Å². The van der Waals surface area contributed by atoms with E-state index < -0.39 is 0 Å². The third kappa shape index (κ3) is 3.70. The number of aliphatic hydroxyl groups is 1. The van der Waals surface area contributed by atoms with Crippen molar-refractivity contribution in [1.82, 2.24) is 9.88 Å². The van der Waals surface area contributed by atoms with Crippen LogP contribution < -0.4 is 5.32 Å². The average molecular weight is 264 g/mol. The van der Waals surface area contributed by atoms with E-state index in [9.17, 15) is 0 Å². The van der Waals surface area contributed by atoms with E-state index in [-0.39, 0.29) is 6.61 Å². The molecule has 0 aliphatic heterocycles. The Kier molecular flexibility index (Phi) is 4.99. The summed E-state index contributed by atoms with van der Waals surface area (Å²) >= 11 is 1.79. The third-order valence-electron chi connectivity index (χ3n) is 2.94. The zero-order valence-electron chi connectivity index (χ0n) is 10.7. The molecule has 3 nitrogen and oxygen atoms in total. The Hall–Kier alpha value is -1.10. The number of hydrogen-bond donors (Lipinski definition) is 2. The maximum Gasteiger partial charge on any atom is 0.0566 e. The smallest absolute Gasteiger partial charge is 0.0566 e. The zero-order chi connectivity index (χ0) is 12.8. The minimum Gasteiger partial charge on any atom is -0.396 e. The molecule has 18 heavy (non-hydrogen) atoms. The molecule has 0 radical (unpaired) electrons. The molecule has 2 rings (SSSR count). The normalized spacial score (nSPS) is 12.8. The lowest BCUT2D eigenvalue weighted by Crippen LogP contribution is -2.24. The topological polar surface area (TPSA) is 37.2 Å². The Labute approximate surface area is 112 Å². The molecule has 0 aliphatic carbocycles. The number of aromatic nitrogens is 1. The molecule has 0 aromatic carbocycles. The predicted octanol–water partition coefficient (Wildman–Crippen LogP) is 2.32. The minimum absolute atomic E-state index is 0.239. The fourth-order valence-electron chi connectivity index (χ4n) is 1.85. The quantitative estimate of drug-likeness (QED) is 0.805. The average Bonchev–Trinajstić information content (AvgIpc) is 3.02. The van der Waals surface area contributed by atoms with Crippen LogP contribution in [-0.4, -0.2) is 22.8 Å². The summed E-state index contributed by atoms with van der Waals surface area (Å²) in [6, 6.07) is 8.48. The highest BCUT2D eigenvalue weighted by Crippen LogP contribution is 2.12. The Morgan fingerprint density at radius 3 is 3.00 bits per heavy atom. The van der Waals surface area contributed by atoms with E-state index in [1.807, 2.05) is 6.92 Å². The second-order valence-corrected chi connectivity index (χ2v) is 5.66. The molecule has 1 atom stereocenters. The molecule has 2 aromatic heterocycles. The SMILES string of the molecule is CC(CO)CNCc1cccn1Cc1cccs1. The summed E-state index contributed by atoms with van der Waals surface area (Å²) in [4.78, 5) is 1.37. The van der Waals surface area contributed by atoms with Crippen LogP contribution in [0.3, 0.4) is 0 Å². The maximum absolute atomic E-state index is 8.97. The molecule has 0 fully saturated rings. The molecule has 0 amide bonds. The summed E-state index contributed by atoms with van der Waals surface area (Å²) in [6.07, 6.45) is 2.12. The summed E-state index contributed by atoms with van der Waals surface area (Å²) in [5.74, 6) is 0.311. The number of rotatable bonds is 7. The van der Waals surface area contributed by atoms with Crippen molar-refractivity contribution in [2.45, 2.75) is 20.0 Å². The van der Waals surface area contributed by atoms with Gasteiger partial charge in [-0.15, -0.1) is 11.3 Å².